The average molecular weight is 402 g/mol. The fraction of sp³-hybridized carbons (Fsp3) is 0.579. The van der Waals surface area contributed by atoms with Crippen molar-refractivity contribution in [3.05, 3.63) is 34.9 Å². The van der Waals surface area contributed by atoms with Gasteiger partial charge in [-0.2, -0.15) is 0 Å². The third-order valence-corrected chi connectivity index (χ3v) is 5.26. The third-order valence-electron chi connectivity index (χ3n) is 4.93. The van der Waals surface area contributed by atoms with Crippen molar-refractivity contribution < 1.29 is 9.59 Å². The highest BCUT2D eigenvalue weighted by molar-refractivity contribution is 6.33. The Morgan fingerprint density at radius 2 is 1.77 bits per heavy atom. The molecule has 1 fully saturated rings. The molecule has 0 saturated carbocycles. The van der Waals surface area contributed by atoms with Crippen LogP contribution < -0.4 is 11.1 Å². The second-order valence-electron chi connectivity index (χ2n) is 7.20. The fourth-order valence-corrected chi connectivity index (χ4v) is 3.44. The molecule has 3 N–H and O–H groups in total. The van der Waals surface area contributed by atoms with Crippen LogP contribution in [0.1, 0.15) is 44.0 Å². The molecule has 26 heavy (non-hydrogen) atoms. The second kappa shape index (κ2) is 10.1. The van der Waals surface area contributed by atoms with Crippen molar-refractivity contribution in [2.24, 2.45) is 17.6 Å². The molecule has 1 aromatic rings. The molecule has 1 aliphatic heterocycles. The van der Waals surface area contributed by atoms with Gasteiger partial charge in [0.1, 0.15) is 6.04 Å². The summed E-state index contributed by atoms with van der Waals surface area (Å²) in [6.45, 7) is 7.27. The average Bonchev–Trinajstić information content (AvgIpc) is 2.59. The van der Waals surface area contributed by atoms with Crippen LogP contribution in [0, 0.1) is 11.8 Å². The lowest BCUT2D eigenvalue weighted by Gasteiger charge is -2.36. The van der Waals surface area contributed by atoms with Gasteiger partial charge in [-0.15, -0.1) is 12.4 Å². The van der Waals surface area contributed by atoms with Gasteiger partial charge in [0.2, 0.25) is 5.91 Å². The number of piperidine rings is 1. The molecule has 2 rings (SSSR count). The zero-order valence-electron chi connectivity index (χ0n) is 15.6. The number of benzene rings is 1. The number of carbonyl (C=O) groups excluding carboxylic acids is 2. The maximum absolute atomic E-state index is 12.9. The minimum Gasteiger partial charge on any atom is -0.341 e. The van der Waals surface area contributed by atoms with Crippen molar-refractivity contribution in [3.8, 4) is 0 Å². The Morgan fingerprint density at radius 3 is 2.27 bits per heavy atom. The summed E-state index contributed by atoms with van der Waals surface area (Å²) in [6.07, 6.45) is 1.82. The lowest BCUT2D eigenvalue weighted by atomic mass is 9.90. The summed E-state index contributed by atoms with van der Waals surface area (Å²) < 4.78 is 0. The van der Waals surface area contributed by atoms with Crippen molar-refractivity contribution >= 4 is 35.8 Å². The molecule has 146 valence electrons. The first-order valence-electron chi connectivity index (χ1n) is 8.91. The van der Waals surface area contributed by atoms with Crippen molar-refractivity contribution in [2.45, 2.75) is 45.7 Å². The van der Waals surface area contributed by atoms with E-state index < -0.39 is 6.04 Å². The molecule has 5 nitrogen and oxygen atoms in total. The van der Waals surface area contributed by atoms with Crippen molar-refractivity contribution in [1.82, 2.24) is 10.2 Å². The zero-order chi connectivity index (χ0) is 18.6. The van der Waals surface area contributed by atoms with Gasteiger partial charge in [-0.1, -0.05) is 37.6 Å². The third kappa shape index (κ3) is 5.60. The Hall–Kier alpha value is -1.30. The van der Waals surface area contributed by atoms with Gasteiger partial charge in [-0.3, -0.25) is 9.59 Å². The van der Waals surface area contributed by atoms with E-state index in [4.69, 9.17) is 17.3 Å². The van der Waals surface area contributed by atoms with E-state index in [9.17, 15) is 9.59 Å². The molecule has 7 heteroatoms. The number of rotatable bonds is 5. The predicted octanol–water partition coefficient (Wildman–Crippen LogP) is 3.10. The van der Waals surface area contributed by atoms with E-state index in [0.717, 1.165) is 12.8 Å². The summed E-state index contributed by atoms with van der Waals surface area (Å²) in [5.41, 5.74) is 6.36. The van der Waals surface area contributed by atoms with Crippen LogP contribution in [0.5, 0.6) is 0 Å². The Labute approximate surface area is 167 Å². The standard InChI is InChI=1S/C19H28ClN3O2.ClH/c1-12(2)17(22-18(24)15-6-4-5-7-16(15)20)19(25)23-10-8-14(9-11-23)13(3)21;/h4-7,12-14,17H,8-11,21H2,1-3H3,(H,22,24);1H. The van der Waals surface area contributed by atoms with E-state index in [1.807, 2.05) is 25.7 Å². The van der Waals surface area contributed by atoms with Gasteiger partial charge < -0.3 is 16.0 Å². The van der Waals surface area contributed by atoms with Crippen molar-refractivity contribution in [2.75, 3.05) is 13.1 Å². The van der Waals surface area contributed by atoms with Crippen LogP contribution in [0.15, 0.2) is 24.3 Å². The normalized spacial score (nSPS) is 17.4. The highest BCUT2D eigenvalue weighted by Crippen LogP contribution is 2.21. The molecule has 0 aliphatic carbocycles. The van der Waals surface area contributed by atoms with E-state index in [1.165, 1.54) is 0 Å². The topological polar surface area (TPSA) is 75.4 Å². The number of nitrogens with zero attached hydrogens (tertiary/aromatic N) is 1. The monoisotopic (exact) mass is 401 g/mol. The molecule has 1 aromatic carbocycles. The molecular formula is C19H29Cl2N3O2. The number of nitrogens with two attached hydrogens (primary N) is 1. The second-order valence-corrected chi connectivity index (χ2v) is 7.60. The van der Waals surface area contributed by atoms with Crippen LogP contribution in [0.4, 0.5) is 0 Å². The number of halogens is 2. The minimum absolute atomic E-state index is 0. The predicted molar refractivity (Wildman–Crippen MR) is 108 cm³/mol. The first-order valence-corrected chi connectivity index (χ1v) is 9.28. The minimum atomic E-state index is -0.560. The molecule has 0 radical (unpaired) electrons. The van der Waals surface area contributed by atoms with E-state index >= 15 is 0 Å². The summed E-state index contributed by atoms with van der Waals surface area (Å²) in [6, 6.07) is 6.45. The molecule has 1 saturated heterocycles. The molecule has 1 aliphatic rings. The molecule has 1 heterocycles. The molecule has 2 atom stereocenters. The number of likely N-dealkylation sites (tertiary alicyclic amines) is 1. The summed E-state index contributed by atoms with van der Waals surface area (Å²) >= 11 is 6.09. The number of hydrogen-bond acceptors (Lipinski definition) is 3. The Morgan fingerprint density at radius 1 is 1.19 bits per heavy atom. The zero-order valence-corrected chi connectivity index (χ0v) is 17.1. The smallest absolute Gasteiger partial charge is 0.253 e. The van der Waals surface area contributed by atoms with Gasteiger partial charge in [0, 0.05) is 19.1 Å². The van der Waals surface area contributed by atoms with E-state index in [-0.39, 0.29) is 36.2 Å². The first-order chi connectivity index (χ1) is 11.8. The summed E-state index contributed by atoms with van der Waals surface area (Å²) in [4.78, 5) is 27.3. The molecule has 2 unspecified atom stereocenters. The number of carbonyl (C=O) groups is 2. The summed E-state index contributed by atoms with van der Waals surface area (Å²) in [5.74, 6) is 0.103. The highest BCUT2D eigenvalue weighted by Gasteiger charge is 2.32. The Bertz CT molecular complexity index is 615. The maximum atomic E-state index is 12.9. The first kappa shape index (κ1) is 22.7. The van der Waals surface area contributed by atoms with Gasteiger partial charge in [-0.25, -0.2) is 0 Å². The Balaban J connectivity index is 0.00000338. The van der Waals surface area contributed by atoms with Gasteiger partial charge in [0.15, 0.2) is 0 Å². The molecule has 0 spiro atoms. The van der Waals surface area contributed by atoms with Crippen LogP contribution in [0.3, 0.4) is 0 Å². The van der Waals surface area contributed by atoms with Gasteiger partial charge in [0.25, 0.3) is 5.91 Å². The van der Waals surface area contributed by atoms with Gasteiger partial charge in [0.05, 0.1) is 10.6 Å². The lowest BCUT2D eigenvalue weighted by Crippen LogP contribution is -2.53. The maximum Gasteiger partial charge on any atom is 0.253 e. The van der Waals surface area contributed by atoms with E-state index in [2.05, 4.69) is 5.32 Å². The largest absolute Gasteiger partial charge is 0.341 e. The van der Waals surface area contributed by atoms with E-state index in [0.29, 0.717) is 29.6 Å². The van der Waals surface area contributed by atoms with Gasteiger partial charge in [-0.05, 0) is 43.7 Å². The fourth-order valence-electron chi connectivity index (χ4n) is 3.22. The van der Waals surface area contributed by atoms with Crippen molar-refractivity contribution in [3.63, 3.8) is 0 Å². The summed E-state index contributed by atoms with van der Waals surface area (Å²) in [7, 11) is 0. The highest BCUT2D eigenvalue weighted by atomic mass is 35.5. The molecule has 2 amide bonds. The quantitative estimate of drug-likeness (QED) is 0.795. The SMILES string of the molecule is CC(C)C(NC(=O)c1ccccc1Cl)C(=O)N1CCC(C(C)N)CC1.Cl. The lowest BCUT2D eigenvalue weighted by molar-refractivity contribution is -0.135. The number of hydrogen-bond donors (Lipinski definition) is 2. The van der Waals surface area contributed by atoms with Crippen LogP contribution >= 0.6 is 24.0 Å². The number of nitrogens with one attached hydrogen (secondary N) is 1. The number of amides is 2. The molecular weight excluding hydrogens is 373 g/mol. The van der Waals surface area contributed by atoms with E-state index in [1.54, 1.807) is 24.3 Å². The van der Waals surface area contributed by atoms with Crippen LogP contribution in [0.2, 0.25) is 5.02 Å². The van der Waals surface area contributed by atoms with Gasteiger partial charge >= 0.3 is 0 Å². The van der Waals surface area contributed by atoms with Crippen molar-refractivity contribution in [1.29, 1.82) is 0 Å². The molecule has 0 aromatic heterocycles. The molecule has 0 bridgehead atoms. The van der Waals surface area contributed by atoms with Crippen LogP contribution in [0.25, 0.3) is 0 Å². The van der Waals surface area contributed by atoms with Crippen LogP contribution in [-0.2, 0) is 4.79 Å². The van der Waals surface area contributed by atoms with Crippen LogP contribution in [-0.4, -0.2) is 41.9 Å². The summed E-state index contributed by atoms with van der Waals surface area (Å²) in [5, 5.41) is 3.25. The Kier molecular flexibility index (Phi) is 8.87.